The normalized spacial score (nSPS) is 10.3. The zero-order valence-corrected chi connectivity index (χ0v) is 12.3. The van der Waals surface area contributed by atoms with E-state index in [1.165, 1.54) is 23.5 Å². The molecule has 4 nitrogen and oxygen atoms in total. The molecule has 0 bridgehead atoms. The number of aryl methyl sites for hydroxylation is 1. The van der Waals surface area contributed by atoms with Gasteiger partial charge in [0, 0.05) is 24.2 Å². The Hall–Kier alpha value is -2.58. The summed E-state index contributed by atoms with van der Waals surface area (Å²) >= 11 is 1.60. The second-order valence-electron chi connectivity index (χ2n) is 4.70. The third kappa shape index (κ3) is 3.12. The van der Waals surface area contributed by atoms with Crippen molar-refractivity contribution in [1.82, 2.24) is 15.0 Å². The van der Waals surface area contributed by atoms with Gasteiger partial charge in [-0.1, -0.05) is 29.8 Å². The molecule has 0 aliphatic heterocycles. The Morgan fingerprint density at radius 2 is 2.05 bits per heavy atom. The van der Waals surface area contributed by atoms with Crippen LogP contribution in [0.25, 0.3) is 11.5 Å². The minimum atomic E-state index is 0.453. The number of thiazole rings is 1. The summed E-state index contributed by atoms with van der Waals surface area (Å²) in [4.78, 5) is 12.9. The van der Waals surface area contributed by atoms with Crippen LogP contribution in [0.1, 0.15) is 21.7 Å². The molecule has 0 aliphatic carbocycles. The molecule has 1 aromatic carbocycles. The van der Waals surface area contributed by atoms with E-state index in [4.69, 9.17) is 5.26 Å². The van der Waals surface area contributed by atoms with Gasteiger partial charge in [0.1, 0.15) is 11.8 Å². The first-order valence-electron chi connectivity index (χ1n) is 6.47. The molecule has 0 amide bonds. The quantitative estimate of drug-likeness (QED) is 0.742. The molecule has 0 radical (unpaired) electrons. The summed E-state index contributed by atoms with van der Waals surface area (Å²) in [6, 6.07) is 10.4. The van der Waals surface area contributed by atoms with Crippen molar-refractivity contribution >= 4 is 11.3 Å². The lowest BCUT2D eigenvalue weighted by Crippen LogP contribution is -1.92. The van der Waals surface area contributed by atoms with E-state index >= 15 is 0 Å². The first-order chi connectivity index (χ1) is 10.2. The molecule has 2 heterocycles. The zero-order valence-electron chi connectivity index (χ0n) is 11.4. The maximum atomic E-state index is 8.75. The fourth-order valence-electron chi connectivity index (χ4n) is 2.01. The molecule has 102 valence electrons. The van der Waals surface area contributed by atoms with Crippen molar-refractivity contribution in [1.29, 1.82) is 5.26 Å². The van der Waals surface area contributed by atoms with Crippen LogP contribution in [0.15, 0.2) is 42.0 Å². The van der Waals surface area contributed by atoms with Crippen LogP contribution in [0.4, 0.5) is 0 Å². The molecule has 21 heavy (non-hydrogen) atoms. The highest BCUT2D eigenvalue weighted by atomic mass is 32.1. The summed E-state index contributed by atoms with van der Waals surface area (Å²) in [5.74, 6) is 0.556. The van der Waals surface area contributed by atoms with Gasteiger partial charge in [-0.3, -0.25) is 0 Å². The van der Waals surface area contributed by atoms with Gasteiger partial charge in [-0.25, -0.2) is 15.0 Å². The highest BCUT2D eigenvalue weighted by Gasteiger charge is 2.08. The van der Waals surface area contributed by atoms with Gasteiger partial charge in [0.15, 0.2) is 5.82 Å². The van der Waals surface area contributed by atoms with Gasteiger partial charge in [-0.05, 0) is 12.5 Å². The molecule has 5 heteroatoms. The zero-order chi connectivity index (χ0) is 14.7. The fourth-order valence-corrected chi connectivity index (χ4v) is 2.82. The van der Waals surface area contributed by atoms with Crippen LogP contribution < -0.4 is 0 Å². The molecule has 0 aliphatic rings. The standard InChI is InChI=1S/C16H12N4S/c1-11-3-2-4-12(5-11)6-15-20-14(10-21-15)16-18-8-13(7-17)9-19-16/h2-5,8-10H,6H2,1H3. The average Bonchev–Trinajstić information content (AvgIpc) is 2.96. The molecule has 0 N–H and O–H groups in total. The van der Waals surface area contributed by atoms with E-state index in [0.717, 1.165) is 17.1 Å². The first-order valence-corrected chi connectivity index (χ1v) is 7.35. The highest BCUT2D eigenvalue weighted by molar-refractivity contribution is 7.10. The predicted molar refractivity (Wildman–Crippen MR) is 81.8 cm³/mol. The van der Waals surface area contributed by atoms with Gasteiger partial charge in [0.05, 0.1) is 10.6 Å². The lowest BCUT2D eigenvalue weighted by atomic mass is 10.1. The Labute approximate surface area is 126 Å². The van der Waals surface area contributed by atoms with E-state index in [9.17, 15) is 0 Å². The van der Waals surface area contributed by atoms with Gasteiger partial charge >= 0.3 is 0 Å². The molecular formula is C16H12N4S. The maximum Gasteiger partial charge on any atom is 0.179 e. The monoisotopic (exact) mass is 292 g/mol. The van der Waals surface area contributed by atoms with E-state index in [1.807, 2.05) is 11.4 Å². The Morgan fingerprint density at radius 3 is 2.76 bits per heavy atom. The van der Waals surface area contributed by atoms with Crippen LogP contribution in [0.5, 0.6) is 0 Å². The molecule has 3 aromatic rings. The van der Waals surface area contributed by atoms with E-state index in [0.29, 0.717) is 11.4 Å². The average molecular weight is 292 g/mol. The number of nitriles is 1. The second kappa shape index (κ2) is 5.81. The Morgan fingerprint density at radius 1 is 1.24 bits per heavy atom. The lowest BCUT2D eigenvalue weighted by Gasteiger charge is -1.99. The van der Waals surface area contributed by atoms with E-state index in [2.05, 4.69) is 46.1 Å². The van der Waals surface area contributed by atoms with Gasteiger partial charge in [0.2, 0.25) is 0 Å². The molecule has 2 aromatic heterocycles. The third-order valence-corrected chi connectivity index (χ3v) is 3.85. The van der Waals surface area contributed by atoms with Crippen LogP contribution in [0.3, 0.4) is 0 Å². The number of hydrogen-bond donors (Lipinski definition) is 0. The SMILES string of the molecule is Cc1cccc(Cc2nc(-c3ncc(C#N)cn3)cs2)c1. The summed E-state index contributed by atoms with van der Waals surface area (Å²) in [7, 11) is 0. The molecule has 0 atom stereocenters. The van der Waals surface area contributed by atoms with Crippen molar-refractivity contribution in [3.05, 3.63) is 63.7 Å². The summed E-state index contributed by atoms with van der Waals surface area (Å²) in [6.45, 7) is 2.08. The largest absolute Gasteiger partial charge is 0.238 e. The van der Waals surface area contributed by atoms with Crippen molar-refractivity contribution in [2.45, 2.75) is 13.3 Å². The summed E-state index contributed by atoms with van der Waals surface area (Å²) in [5, 5.41) is 11.7. The van der Waals surface area contributed by atoms with Crippen LogP contribution in [-0.2, 0) is 6.42 Å². The van der Waals surface area contributed by atoms with Gasteiger partial charge < -0.3 is 0 Å². The third-order valence-electron chi connectivity index (χ3n) is 3.00. The van der Waals surface area contributed by atoms with Crippen molar-refractivity contribution in [2.24, 2.45) is 0 Å². The smallest absolute Gasteiger partial charge is 0.179 e. The summed E-state index contributed by atoms with van der Waals surface area (Å²) in [5.41, 5.74) is 3.71. The number of nitrogens with zero attached hydrogens (tertiary/aromatic N) is 4. The van der Waals surface area contributed by atoms with Gasteiger partial charge in [-0.15, -0.1) is 11.3 Å². The summed E-state index contributed by atoms with van der Waals surface area (Å²) < 4.78 is 0. The maximum absolute atomic E-state index is 8.75. The Bertz CT molecular complexity index is 800. The molecule has 0 saturated carbocycles. The second-order valence-corrected chi connectivity index (χ2v) is 5.64. The van der Waals surface area contributed by atoms with Gasteiger partial charge in [-0.2, -0.15) is 5.26 Å². The number of benzene rings is 1. The van der Waals surface area contributed by atoms with E-state index in [1.54, 1.807) is 11.3 Å². The van der Waals surface area contributed by atoms with Crippen molar-refractivity contribution < 1.29 is 0 Å². The predicted octanol–water partition coefficient (Wildman–Crippen LogP) is 3.37. The fraction of sp³-hybridized carbons (Fsp3) is 0.125. The van der Waals surface area contributed by atoms with Crippen molar-refractivity contribution in [3.63, 3.8) is 0 Å². The summed E-state index contributed by atoms with van der Waals surface area (Å²) in [6.07, 6.45) is 3.84. The molecule has 3 rings (SSSR count). The van der Waals surface area contributed by atoms with Crippen LogP contribution in [-0.4, -0.2) is 15.0 Å². The van der Waals surface area contributed by atoms with Crippen LogP contribution >= 0.6 is 11.3 Å². The molecule has 0 saturated heterocycles. The Kier molecular flexibility index (Phi) is 3.71. The minimum absolute atomic E-state index is 0.453. The van der Waals surface area contributed by atoms with Crippen LogP contribution in [0.2, 0.25) is 0 Å². The number of hydrogen-bond acceptors (Lipinski definition) is 5. The number of aromatic nitrogens is 3. The lowest BCUT2D eigenvalue weighted by molar-refractivity contribution is 1.10. The molecule has 0 fully saturated rings. The Balaban J connectivity index is 1.81. The van der Waals surface area contributed by atoms with E-state index in [-0.39, 0.29) is 0 Å². The molecular weight excluding hydrogens is 280 g/mol. The molecule has 0 unspecified atom stereocenters. The first kappa shape index (κ1) is 13.4. The van der Waals surface area contributed by atoms with E-state index < -0.39 is 0 Å². The number of rotatable bonds is 3. The highest BCUT2D eigenvalue weighted by Crippen LogP contribution is 2.21. The molecule has 0 spiro atoms. The topological polar surface area (TPSA) is 62.5 Å². The van der Waals surface area contributed by atoms with Crippen LogP contribution in [0, 0.1) is 18.3 Å². The van der Waals surface area contributed by atoms with Crippen molar-refractivity contribution in [2.75, 3.05) is 0 Å². The minimum Gasteiger partial charge on any atom is -0.238 e. The van der Waals surface area contributed by atoms with Crippen molar-refractivity contribution in [3.8, 4) is 17.6 Å². The van der Waals surface area contributed by atoms with Gasteiger partial charge in [0.25, 0.3) is 0 Å².